The first-order chi connectivity index (χ1) is 9.17. The summed E-state index contributed by atoms with van der Waals surface area (Å²) < 4.78 is 0. The van der Waals surface area contributed by atoms with Crippen molar-refractivity contribution in [3.8, 4) is 0 Å². The van der Waals surface area contributed by atoms with Crippen LogP contribution in [0.4, 0.5) is 0 Å². The number of hydrogen-bond acceptors (Lipinski definition) is 5. The smallest absolute Gasteiger partial charge is 0.153 e. The molecule has 0 aliphatic carbocycles. The van der Waals surface area contributed by atoms with Crippen molar-refractivity contribution in [1.82, 2.24) is 14.8 Å². The molecule has 0 unspecified atom stereocenters. The lowest BCUT2D eigenvalue weighted by Gasteiger charge is -2.34. The fourth-order valence-electron chi connectivity index (χ4n) is 2.33. The average molecular weight is 263 g/mol. The lowest BCUT2D eigenvalue weighted by molar-refractivity contribution is 0.139. The maximum Gasteiger partial charge on any atom is 0.153 e. The van der Waals surface area contributed by atoms with E-state index in [2.05, 4.69) is 32.9 Å². The van der Waals surface area contributed by atoms with Crippen LogP contribution >= 0.6 is 0 Å². The molecule has 0 amide bonds. The van der Waals surface area contributed by atoms with Crippen LogP contribution in [0.25, 0.3) is 0 Å². The molecule has 0 bridgehead atoms. The van der Waals surface area contributed by atoms with E-state index in [0.717, 1.165) is 32.7 Å². The van der Waals surface area contributed by atoms with Crippen molar-refractivity contribution in [3.63, 3.8) is 0 Å². The minimum atomic E-state index is 0.274. The number of aryl methyl sites for hydroxylation is 1. The molecule has 0 saturated carbocycles. The Bertz CT molecular complexity index is 440. The van der Waals surface area contributed by atoms with Gasteiger partial charge >= 0.3 is 0 Å². The van der Waals surface area contributed by atoms with Crippen LogP contribution in [-0.4, -0.2) is 58.6 Å². The maximum atomic E-state index is 8.56. The molecule has 104 valence electrons. The van der Waals surface area contributed by atoms with E-state index >= 15 is 0 Å². The molecule has 1 aromatic rings. The van der Waals surface area contributed by atoms with Crippen molar-refractivity contribution >= 4 is 5.84 Å². The maximum absolute atomic E-state index is 8.56. The topological polar surface area (TPSA) is 78.0 Å². The highest BCUT2D eigenvalue weighted by Crippen LogP contribution is 2.08. The highest BCUT2D eigenvalue weighted by molar-refractivity contribution is 5.81. The van der Waals surface area contributed by atoms with Crippen molar-refractivity contribution in [3.05, 3.63) is 29.6 Å². The molecule has 1 fully saturated rings. The first kappa shape index (κ1) is 13.8. The quantitative estimate of drug-likeness (QED) is 0.352. The summed E-state index contributed by atoms with van der Waals surface area (Å²) in [5, 5.41) is 11.6. The Kier molecular flexibility index (Phi) is 4.70. The van der Waals surface area contributed by atoms with Crippen molar-refractivity contribution in [2.45, 2.75) is 13.5 Å². The molecule has 19 heavy (non-hydrogen) atoms. The second kappa shape index (κ2) is 6.49. The molecule has 0 aromatic carbocycles. The molecule has 1 aliphatic rings. The summed E-state index contributed by atoms with van der Waals surface area (Å²) in [6.07, 6.45) is 3.80. The molecule has 6 heteroatoms. The van der Waals surface area contributed by atoms with Crippen molar-refractivity contribution in [2.75, 3.05) is 32.7 Å². The van der Waals surface area contributed by atoms with Gasteiger partial charge in [-0.1, -0.05) is 11.2 Å². The van der Waals surface area contributed by atoms with Gasteiger partial charge in [-0.05, 0) is 18.1 Å². The van der Waals surface area contributed by atoms with E-state index in [1.54, 1.807) is 0 Å². The van der Waals surface area contributed by atoms with E-state index in [4.69, 9.17) is 10.9 Å². The van der Waals surface area contributed by atoms with Gasteiger partial charge in [0.25, 0.3) is 0 Å². The summed E-state index contributed by atoms with van der Waals surface area (Å²) in [7, 11) is 0. The van der Waals surface area contributed by atoms with Gasteiger partial charge in [0.15, 0.2) is 5.84 Å². The molecule has 6 nitrogen and oxygen atoms in total. The molecule has 0 radical (unpaired) electrons. The van der Waals surface area contributed by atoms with Crippen LogP contribution in [0.2, 0.25) is 0 Å². The predicted molar refractivity (Wildman–Crippen MR) is 74.1 cm³/mol. The molecule has 1 saturated heterocycles. The van der Waals surface area contributed by atoms with Crippen molar-refractivity contribution in [2.24, 2.45) is 10.9 Å². The summed E-state index contributed by atoms with van der Waals surface area (Å²) in [5.74, 6) is 0.274. The normalized spacial score (nSPS) is 18.7. The van der Waals surface area contributed by atoms with E-state index in [-0.39, 0.29) is 5.84 Å². The van der Waals surface area contributed by atoms with E-state index < -0.39 is 0 Å². The number of hydrogen-bond donors (Lipinski definition) is 2. The SMILES string of the molecule is Cc1cncc(CN2CCN(C/C(N)=N/O)CC2)c1. The van der Waals surface area contributed by atoms with Crippen LogP contribution in [0.5, 0.6) is 0 Å². The summed E-state index contributed by atoms with van der Waals surface area (Å²) in [6, 6.07) is 2.18. The van der Waals surface area contributed by atoms with Gasteiger partial charge in [-0.15, -0.1) is 0 Å². The largest absolute Gasteiger partial charge is 0.409 e. The molecule has 1 aromatic heterocycles. The van der Waals surface area contributed by atoms with Crippen LogP contribution in [0, 0.1) is 6.92 Å². The Morgan fingerprint density at radius 3 is 2.63 bits per heavy atom. The Morgan fingerprint density at radius 2 is 2.00 bits per heavy atom. The van der Waals surface area contributed by atoms with Gasteiger partial charge in [0.1, 0.15) is 0 Å². The van der Waals surface area contributed by atoms with Crippen LogP contribution in [0.1, 0.15) is 11.1 Å². The zero-order chi connectivity index (χ0) is 13.7. The summed E-state index contributed by atoms with van der Waals surface area (Å²) >= 11 is 0. The highest BCUT2D eigenvalue weighted by atomic mass is 16.4. The third-order valence-corrected chi connectivity index (χ3v) is 3.32. The van der Waals surface area contributed by atoms with Gasteiger partial charge in [-0.2, -0.15) is 0 Å². The highest BCUT2D eigenvalue weighted by Gasteiger charge is 2.17. The number of nitrogens with zero attached hydrogens (tertiary/aromatic N) is 4. The number of oxime groups is 1. The van der Waals surface area contributed by atoms with Gasteiger partial charge in [0.05, 0.1) is 6.54 Å². The number of nitrogens with two attached hydrogens (primary N) is 1. The monoisotopic (exact) mass is 263 g/mol. The molecule has 1 aliphatic heterocycles. The minimum Gasteiger partial charge on any atom is -0.409 e. The number of aromatic nitrogens is 1. The molecular weight excluding hydrogens is 242 g/mol. The van der Waals surface area contributed by atoms with Gasteiger partial charge in [-0.3, -0.25) is 14.8 Å². The first-order valence-electron chi connectivity index (χ1n) is 6.49. The minimum absolute atomic E-state index is 0.274. The first-order valence-corrected chi connectivity index (χ1v) is 6.49. The molecule has 0 atom stereocenters. The fraction of sp³-hybridized carbons (Fsp3) is 0.538. The van der Waals surface area contributed by atoms with Gasteiger partial charge in [0, 0.05) is 45.1 Å². The average Bonchev–Trinajstić information content (AvgIpc) is 2.41. The Morgan fingerprint density at radius 1 is 1.32 bits per heavy atom. The number of amidine groups is 1. The number of pyridine rings is 1. The molecule has 0 spiro atoms. The fourth-order valence-corrected chi connectivity index (χ4v) is 2.33. The summed E-state index contributed by atoms with van der Waals surface area (Å²) in [4.78, 5) is 8.81. The van der Waals surface area contributed by atoms with Crippen molar-refractivity contribution in [1.29, 1.82) is 0 Å². The van der Waals surface area contributed by atoms with Crippen molar-refractivity contribution < 1.29 is 5.21 Å². The summed E-state index contributed by atoms with van der Waals surface area (Å²) in [5.41, 5.74) is 7.97. The Labute approximate surface area is 113 Å². The van der Waals surface area contributed by atoms with E-state index in [1.807, 2.05) is 12.4 Å². The molecule has 2 rings (SSSR count). The standard InChI is InChI=1S/C13H21N5O/c1-11-6-12(8-15-7-11)9-17-2-4-18(5-3-17)10-13(14)16-19/h6-8,19H,2-5,9-10H2,1H3,(H2,14,16). The van der Waals surface area contributed by atoms with Gasteiger partial charge in [0.2, 0.25) is 0 Å². The zero-order valence-corrected chi connectivity index (χ0v) is 11.3. The lowest BCUT2D eigenvalue weighted by Crippen LogP contribution is -2.48. The molecule has 2 heterocycles. The molecule has 3 N–H and O–H groups in total. The van der Waals surface area contributed by atoms with Crippen LogP contribution < -0.4 is 5.73 Å². The Hall–Kier alpha value is -1.66. The van der Waals surface area contributed by atoms with Gasteiger partial charge in [-0.25, -0.2) is 0 Å². The Balaban J connectivity index is 1.80. The summed E-state index contributed by atoms with van der Waals surface area (Å²) in [6.45, 7) is 7.40. The van der Waals surface area contributed by atoms with Crippen LogP contribution in [-0.2, 0) is 6.54 Å². The zero-order valence-electron chi connectivity index (χ0n) is 11.3. The van der Waals surface area contributed by atoms with Gasteiger partial charge < -0.3 is 10.9 Å². The van der Waals surface area contributed by atoms with E-state index in [0.29, 0.717) is 6.54 Å². The molecular formula is C13H21N5O. The number of piperazine rings is 1. The third kappa shape index (κ3) is 4.18. The predicted octanol–water partition coefficient (Wildman–Crippen LogP) is 0.254. The van der Waals surface area contributed by atoms with Crippen LogP contribution in [0.15, 0.2) is 23.6 Å². The van der Waals surface area contributed by atoms with E-state index in [1.165, 1.54) is 11.1 Å². The lowest BCUT2D eigenvalue weighted by atomic mass is 10.2. The van der Waals surface area contributed by atoms with E-state index in [9.17, 15) is 0 Å². The second-order valence-electron chi connectivity index (χ2n) is 5.01. The second-order valence-corrected chi connectivity index (χ2v) is 5.01. The van der Waals surface area contributed by atoms with Crippen LogP contribution in [0.3, 0.4) is 0 Å². The third-order valence-electron chi connectivity index (χ3n) is 3.32. The number of rotatable bonds is 4.